The highest BCUT2D eigenvalue weighted by Crippen LogP contribution is 2.35. The Labute approximate surface area is 130 Å². The van der Waals surface area contributed by atoms with Gasteiger partial charge in [0.1, 0.15) is 12.4 Å². The summed E-state index contributed by atoms with van der Waals surface area (Å²) < 4.78 is 18.6. The van der Waals surface area contributed by atoms with Gasteiger partial charge in [-0.2, -0.15) is 0 Å². The van der Waals surface area contributed by atoms with E-state index in [0.717, 1.165) is 0 Å². The summed E-state index contributed by atoms with van der Waals surface area (Å²) in [6.07, 6.45) is -0.414. The van der Waals surface area contributed by atoms with Gasteiger partial charge < -0.3 is 4.74 Å². The van der Waals surface area contributed by atoms with E-state index in [-0.39, 0.29) is 5.02 Å². The summed E-state index contributed by atoms with van der Waals surface area (Å²) >= 11 is 6.99. The monoisotopic (exact) mass is 326 g/mol. The van der Waals surface area contributed by atoms with Gasteiger partial charge in [0, 0.05) is 10.9 Å². The Balaban J connectivity index is 1.96. The lowest BCUT2D eigenvalue weighted by Crippen LogP contribution is -2.42. The molecule has 1 fully saturated rings. The Hall–Kier alpha value is -1.66. The SMILES string of the molecule is CC1(C)COC(=O)N1c1nc(-c2ccc(Cl)c(F)c2)cs1. The third-order valence-corrected chi connectivity index (χ3v) is 4.37. The van der Waals surface area contributed by atoms with Crippen LogP contribution < -0.4 is 4.90 Å². The molecule has 0 bridgehead atoms. The van der Waals surface area contributed by atoms with Crippen LogP contribution in [0.4, 0.5) is 14.3 Å². The molecule has 2 heterocycles. The molecule has 1 aliphatic heterocycles. The topological polar surface area (TPSA) is 42.4 Å². The van der Waals surface area contributed by atoms with Gasteiger partial charge >= 0.3 is 6.09 Å². The molecule has 0 radical (unpaired) electrons. The number of ether oxygens (including phenoxy) is 1. The van der Waals surface area contributed by atoms with Gasteiger partial charge in [-0.05, 0) is 26.0 Å². The van der Waals surface area contributed by atoms with E-state index < -0.39 is 17.4 Å². The molecule has 1 aliphatic rings. The highest BCUT2D eigenvalue weighted by atomic mass is 35.5. The van der Waals surface area contributed by atoms with Crippen LogP contribution in [0.1, 0.15) is 13.8 Å². The van der Waals surface area contributed by atoms with Crippen LogP contribution in [0.25, 0.3) is 11.3 Å². The fraction of sp³-hybridized carbons (Fsp3) is 0.286. The van der Waals surface area contributed by atoms with E-state index in [1.54, 1.807) is 11.4 Å². The molecule has 0 unspecified atom stereocenters. The zero-order valence-corrected chi connectivity index (χ0v) is 13.0. The molecule has 0 spiro atoms. The maximum atomic E-state index is 13.5. The predicted molar refractivity (Wildman–Crippen MR) is 80.4 cm³/mol. The van der Waals surface area contributed by atoms with Crippen LogP contribution >= 0.6 is 22.9 Å². The summed E-state index contributed by atoms with van der Waals surface area (Å²) in [6.45, 7) is 4.12. The number of benzene rings is 1. The van der Waals surface area contributed by atoms with Crippen molar-refractivity contribution in [1.29, 1.82) is 0 Å². The minimum atomic E-state index is -0.496. The molecule has 3 rings (SSSR count). The number of hydrogen-bond donors (Lipinski definition) is 0. The van der Waals surface area contributed by atoms with Crippen molar-refractivity contribution in [3.63, 3.8) is 0 Å². The zero-order chi connectivity index (χ0) is 15.2. The van der Waals surface area contributed by atoms with E-state index in [9.17, 15) is 9.18 Å². The molecule has 110 valence electrons. The van der Waals surface area contributed by atoms with Crippen molar-refractivity contribution in [1.82, 2.24) is 4.98 Å². The standard InChI is InChI=1S/C14H12ClFN2O2S/c1-14(2)7-20-13(19)18(14)12-17-11(6-21-12)8-3-4-9(15)10(16)5-8/h3-6H,7H2,1-2H3. The molecule has 1 saturated heterocycles. The quantitative estimate of drug-likeness (QED) is 0.824. The molecule has 1 aromatic carbocycles. The van der Waals surface area contributed by atoms with Crippen molar-refractivity contribution in [3.05, 3.63) is 34.4 Å². The lowest BCUT2D eigenvalue weighted by molar-refractivity contribution is 0.175. The van der Waals surface area contributed by atoms with E-state index in [1.165, 1.54) is 28.4 Å². The van der Waals surface area contributed by atoms with Crippen molar-refractivity contribution >= 4 is 34.2 Å². The average molecular weight is 327 g/mol. The van der Waals surface area contributed by atoms with E-state index in [4.69, 9.17) is 16.3 Å². The molecule has 21 heavy (non-hydrogen) atoms. The summed E-state index contributed by atoms with van der Waals surface area (Å²) in [5, 5.41) is 2.38. The molecular weight excluding hydrogens is 315 g/mol. The van der Waals surface area contributed by atoms with E-state index in [2.05, 4.69) is 4.98 Å². The number of aromatic nitrogens is 1. The van der Waals surface area contributed by atoms with Crippen LogP contribution in [-0.4, -0.2) is 23.2 Å². The van der Waals surface area contributed by atoms with Crippen molar-refractivity contribution in [3.8, 4) is 11.3 Å². The third kappa shape index (κ3) is 2.49. The number of thiazole rings is 1. The first-order chi connectivity index (χ1) is 9.88. The second-order valence-electron chi connectivity index (χ2n) is 5.35. The Kier molecular flexibility index (Phi) is 3.37. The third-order valence-electron chi connectivity index (χ3n) is 3.24. The van der Waals surface area contributed by atoms with Gasteiger partial charge in [-0.15, -0.1) is 11.3 Å². The number of amides is 1. The number of halogens is 2. The Morgan fingerprint density at radius 2 is 2.24 bits per heavy atom. The minimum absolute atomic E-state index is 0.0680. The number of anilines is 1. The van der Waals surface area contributed by atoms with Crippen molar-refractivity contribution < 1.29 is 13.9 Å². The lowest BCUT2D eigenvalue weighted by Gasteiger charge is -2.24. The highest BCUT2D eigenvalue weighted by molar-refractivity contribution is 7.14. The molecule has 7 heteroatoms. The predicted octanol–water partition coefficient (Wildman–Crippen LogP) is 4.34. The van der Waals surface area contributed by atoms with Crippen molar-refractivity contribution in [2.45, 2.75) is 19.4 Å². The second-order valence-corrected chi connectivity index (χ2v) is 6.59. The van der Waals surface area contributed by atoms with Crippen LogP contribution in [0.3, 0.4) is 0 Å². The van der Waals surface area contributed by atoms with Gasteiger partial charge in [0.15, 0.2) is 5.13 Å². The van der Waals surface area contributed by atoms with Crippen LogP contribution in [0, 0.1) is 5.82 Å². The molecule has 0 saturated carbocycles. The molecule has 0 aliphatic carbocycles. The molecule has 0 N–H and O–H groups in total. The molecule has 4 nitrogen and oxygen atoms in total. The van der Waals surface area contributed by atoms with Gasteiger partial charge in [-0.25, -0.2) is 19.1 Å². The van der Waals surface area contributed by atoms with E-state index in [0.29, 0.717) is 23.0 Å². The van der Waals surface area contributed by atoms with Crippen LogP contribution in [0.15, 0.2) is 23.6 Å². The molecule has 2 aromatic rings. The summed E-state index contributed by atoms with van der Waals surface area (Å²) in [4.78, 5) is 17.8. The fourth-order valence-corrected chi connectivity index (χ4v) is 3.21. The summed E-state index contributed by atoms with van der Waals surface area (Å²) in [5.41, 5.74) is 0.767. The maximum Gasteiger partial charge on any atom is 0.416 e. The number of carbonyl (C=O) groups is 1. The normalized spacial score (nSPS) is 17.1. The van der Waals surface area contributed by atoms with Gasteiger partial charge in [0.2, 0.25) is 0 Å². The summed E-state index contributed by atoms with van der Waals surface area (Å²) in [5.74, 6) is -0.496. The Morgan fingerprint density at radius 3 is 2.86 bits per heavy atom. The summed E-state index contributed by atoms with van der Waals surface area (Å²) in [7, 11) is 0. The molecular formula is C14H12ClFN2O2S. The van der Waals surface area contributed by atoms with Crippen LogP contribution in [0.5, 0.6) is 0 Å². The minimum Gasteiger partial charge on any atom is -0.447 e. The molecule has 0 atom stereocenters. The first-order valence-corrected chi connectivity index (χ1v) is 7.52. The Morgan fingerprint density at radius 1 is 1.48 bits per heavy atom. The molecule has 1 amide bonds. The average Bonchev–Trinajstić information content (AvgIpc) is 2.98. The highest BCUT2D eigenvalue weighted by Gasteiger charge is 2.42. The number of hydrogen-bond acceptors (Lipinski definition) is 4. The summed E-state index contributed by atoms with van der Waals surface area (Å²) in [6, 6.07) is 4.51. The largest absolute Gasteiger partial charge is 0.447 e. The Bertz CT molecular complexity index is 717. The maximum absolute atomic E-state index is 13.5. The first kappa shape index (κ1) is 14.3. The first-order valence-electron chi connectivity index (χ1n) is 6.26. The van der Waals surface area contributed by atoms with Crippen LogP contribution in [0.2, 0.25) is 5.02 Å². The van der Waals surface area contributed by atoms with Gasteiger partial charge in [0.05, 0.1) is 16.3 Å². The van der Waals surface area contributed by atoms with Gasteiger partial charge in [-0.1, -0.05) is 17.7 Å². The number of nitrogens with zero attached hydrogens (tertiary/aromatic N) is 2. The number of carbonyl (C=O) groups excluding carboxylic acids is 1. The van der Waals surface area contributed by atoms with E-state index in [1.807, 2.05) is 13.8 Å². The fourth-order valence-electron chi connectivity index (χ4n) is 2.11. The van der Waals surface area contributed by atoms with Crippen molar-refractivity contribution in [2.24, 2.45) is 0 Å². The van der Waals surface area contributed by atoms with Crippen molar-refractivity contribution in [2.75, 3.05) is 11.5 Å². The zero-order valence-electron chi connectivity index (χ0n) is 11.4. The van der Waals surface area contributed by atoms with Crippen LogP contribution in [-0.2, 0) is 4.74 Å². The van der Waals surface area contributed by atoms with E-state index >= 15 is 0 Å². The van der Waals surface area contributed by atoms with Gasteiger partial charge in [0.25, 0.3) is 0 Å². The second kappa shape index (κ2) is 4.96. The lowest BCUT2D eigenvalue weighted by atomic mass is 10.1. The smallest absolute Gasteiger partial charge is 0.416 e. The van der Waals surface area contributed by atoms with Gasteiger partial charge in [-0.3, -0.25) is 0 Å². The number of cyclic esters (lactones) is 1. The number of rotatable bonds is 2. The molecule has 1 aromatic heterocycles.